The molecule has 2 nitrogen and oxygen atoms in total. The van der Waals surface area contributed by atoms with E-state index >= 15 is 0 Å². The van der Waals surface area contributed by atoms with Gasteiger partial charge in [-0.2, -0.15) is 0 Å². The molecular weight excluding hydrogens is 277 g/mol. The van der Waals surface area contributed by atoms with Gasteiger partial charge in [0.25, 0.3) is 0 Å². The number of carbonyl (C=O) groups is 1. The van der Waals surface area contributed by atoms with Gasteiger partial charge in [-0.1, -0.05) is 18.2 Å². The zero-order chi connectivity index (χ0) is 15.1. The molecule has 22 heavy (non-hydrogen) atoms. The lowest BCUT2D eigenvalue weighted by Gasteiger charge is -2.03. The minimum Gasteiger partial charge on any atom is -0.358 e. The lowest BCUT2D eigenvalue weighted by atomic mass is 10.00. The highest BCUT2D eigenvalue weighted by Crippen LogP contribution is 2.32. The van der Waals surface area contributed by atoms with Gasteiger partial charge < -0.3 is 4.98 Å². The fourth-order valence-electron chi connectivity index (χ4n) is 3.31. The number of benzene rings is 2. The lowest BCUT2D eigenvalue weighted by Crippen LogP contribution is -1.97. The van der Waals surface area contributed by atoms with Crippen LogP contribution in [0.25, 0.3) is 22.0 Å². The van der Waals surface area contributed by atoms with Gasteiger partial charge in [0.15, 0.2) is 5.78 Å². The first-order valence-corrected chi connectivity index (χ1v) is 7.66. The molecule has 3 aromatic rings. The number of ketones is 1. The first-order valence-electron chi connectivity index (χ1n) is 7.66. The first kappa shape index (κ1) is 13.3. The number of aryl methyl sites for hydroxylation is 1. The lowest BCUT2D eigenvalue weighted by molar-refractivity contribution is 0.0983. The number of H-pyrrole nitrogens is 1. The van der Waals surface area contributed by atoms with Crippen molar-refractivity contribution in [2.45, 2.75) is 25.7 Å². The van der Waals surface area contributed by atoms with E-state index in [1.165, 1.54) is 12.1 Å². The summed E-state index contributed by atoms with van der Waals surface area (Å²) in [7, 11) is 0. The highest BCUT2D eigenvalue weighted by molar-refractivity contribution is 6.10. The molecule has 1 heterocycles. The van der Waals surface area contributed by atoms with Gasteiger partial charge in [0.05, 0.1) is 0 Å². The summed E-state index contributed by atoms with van der Waals surface area (Å²) in [6.07, 6.45) is 3.53. The van der Waals surface area contributed by atoms with Crippen LogP contribution in [0.3, 0.4) is 0 Å². The molecule has 110 valence electrons. The van der Waals surface area contributed by atoms with Crippen molar-refractivity contribution < 1.29 is 9.18 Å². The summed E-state index contributed by atoms with van der Waals surface area (Å²) in [6, 6.07) is 12.5. The summed E-state index contributed by atoms with van der Waals surface area (Å²) in [5.41, 5.74) is 4.64. The second-order valence-electron chi connectivity index (χ2n) is 5.88. The van der Waals surface area contributed by atoms with Crippen LogP contribution in [-0.4, -0.2) is 10.8 Å². The maximum Gasteiger partial charge on any atom is 0.165 e. The highest BCUT2D eigenvalue weighted by atomic mass is 19.1. The first-order chi connectivity index (χ1) is 10.7. The maximum absolute atomic E-state index is 13.4. The van der Waals surface area contributed by atoms with Crippen molar-refractivity contribution in [3.8, 4) is 11.1 Å². The van der Waals surface area contributed by atoms with Crippen molar-refractivity contribution in [3.63, 3.8) is 0 Å². The number of Topliss-reactive ketones (excluding diaryl/α,β-unsaturated/α-hetero) is 1. The Kier molecular flexibility index (Phi) is 3.07. The molecule has 0 unspecified atom stereocenters. The van der Waals surface area contributed by atoms with Crippen molar-refractivity contribution in [2.75, 3.05) is 0 Å². The number of halogens is 1. The Labute approximate surface area is 128 Å². The molecule has 0 bridgehead atoms. The van der Waals surface area contributed by atoms with Gasteiger partial charge in [-0.25, -0.2) is 4.39 Å². The number of hydrogen-bond acceptors (Lipinski definition) is 1. The Hall–Kier alpha value is -2.42. The molecule has 2 aromatic carbocycles. The van der Waals surface area contributed by atoms with Crippen LogP contribution in [0.5, 0.6) is 0 Å². The molecule has 1 N–H and O–H groups in total. The van der Waals surface area contributed by atoms with Crippen LogP contribution in [-0.2, 0) is 6.42 Å². The molecule has 0 amide bonds. The van der Waals surface area contributed by atoms with Crippen LogP contribution in [0.15, 0.2) is 42.5 Å². The zero-order valence-corrected chi connectivity index (χ0v) is 12.2. The Balaban J connectivity index is 1.92. The molecule has 0 aliphatic heterocycles. The van der Waals surface area contributed by atoms with E-state index in [2.05, 4.69) is 4.98 Å². The molecule has 0 spiro atoms. The van der Waals surface area contributed by atoms with E-state index in [4.69, 9.17) is 0 Å². The SMILES string of the molecule is O=C1CCCCc2[nH]c3ccc(-c4cccc(F)c4)cc3c21. The van der Waals surface area contributed by atoms with Gasteiger partial charge in [-0.3, -0.25) is 4.79 Å². The molecule has 0 saturated heterocycles. The van der Waals surface area contributed by atoms with Crippen LogP contribution >= 0.6 is 0 Å². The van der Waals surface area contributed by atoms with Crippen molar-refractivity contribution >= 4 is 16.7 Å². The average molecular weight is 293 g/mol. The Bertz CT molecular complexity index is 878. The molecule has 1 aliphatic rings. The molecule has 0 fully saturated rings. The quantitative estimate of drug-likeness (QED) is 0.637. The Morgan fingerprint density at radius 2 is 1.77 bits per heavy atom. The van der Waals surface area contributed by atoms with Gasteiger partial charge in [0.1, 0.15) is 5.82 Å². The second kappa shape index (κ2) is 5.09. The Morgan fingerprint density at radius 3 is 2.64 bits per heavy atom. The fraction of sp³-hybridized carbons (Fsp3) is 0.211. The maximum atomic E-state index is 13.4. The number of carbonyl (C=O) groups excluding carboxylic acids is 1. The normalized spacial score (nSPS) is 14.9. The monoisotopic (exact) mass is 293 g/mol. The van der Waals surface area contributed by atoms with Crippen LogP contribution < -0.4 is 0 Å². The van der Waals surface area contributed by atoms with Gasteiger partial charge in [-0.15, -0.1) is 0 Å². The third-order valence-corrected chi connectivity index (χ3v) is 4.39. The number of fused-ring (bicyclic) bond motifs is 3. The van der Waals surface area contributed by atoms with E-state index in [0.717, 1.165) is 52.5 Å². The number of hydrogen-bond donors (Lipinski definition) is 1. The van der Waals surface area contributed by atoms with Crippen LogP contribution in [0.4, 0.5) is 4.39 Å². The topological polar surface area (TPSA) is 32.9 Å². The number of rotatable bonds is 1. The van der Waals surface area contributed by atoms with E-state index in [-0.39, 0.29) is 11.6 Å². The molecule has 1 aromatic heterocycles. The van der Waals surface area contributed by atoms with Gasteiger partial charge in [0.2, 0.25) is 0 Å². The predicted molar refractivity (Wildman–Crippen MR) is 85.6 cm³/mol. The molecule has 0 radical (unpaired) electrons. The zero-order valence-electron chi connectivity index (χ0n) is 12.2. The summed E-state index contributed by atoms with van der Waals surface area (Å²) < 4.78 is 13.4. The summed E-state index contributed by atoms with van der Waals surface area (Å²) in [5.74, 6) is -0.0308. The highest BCUT2D eigenvalue weighted by Gasteiger charge is 2.21. The average Bonchev–Trinajstić information content (AvgIpc) is 2.78. The van der Waals surface area contributed by atoms with E-state index < -0.39 is 0 Å². The third-order valence-electron chi connectivity index (χ3n) is 4.39. The number of aromatic nitrogens is 1. The summed E-state index contributed by atoms with van der Waals surface area (Å²) in [6.45, 7) is 0. The summed E-state index contributed by atoms with van der Waals surface area (Å²) in [4.78, 5) is 15.8. The van der Waals surface area contributed by atoms with E-state index in [9.17, 15) is 9.18 Å². The van der Waals surface area contributed by atoms with Gasteiger partial charge >= 0.3 is 0 Å². The summed E-state index contributed by atoms with van der Waals surface area (Å²) in [5, 5.41) is 0.962. The smallest absolute Gasteiger partial charge is 0.165 e. The van der Waals surface area contributed by atoms with Gasteiger partial charge in [0, 0.05) is 28.6 Å². The summed E-state index contributed by atoms with van der Waals surface area (Å²) >= 11 is 0. The molecule has 0 saturated carbocycles. The molecule has 0 atom stereocenters. The second-order valence-corrected chi connectivity index (χ2v) is 5.88. The predicted octanol–water partition coefficient (Wildman–Crippen LogP) is 4.88. The standard InChI is InChI=1S/C19H16FNO/c20-14-5-3-4-12(10-14)13-8-9-16-15(11-13)19-17(21-16)6-1-2-7-18(19)22/h3-5,8-11,21H,1-2,6-7H2. The number of nitrogens with one attached hydrogen (secondary N) is 1. The van der Waals surface area contributed by atoms with Gasteiger partial charge in [-0.05, 0) is 54.7 Å². The van der Waals surface area contributed by atoms with Crippen molar-refractivity contribution in [3.05, 3.63) is 59.5 Å². The molecule has 4 rings (SSSR count). The van der Waals surface area contributed by atoms with Crippen LogP contribution in [0, 0.1) is 5.82 Å². The van der Waals surface area contributed by atoms with Crippen molar-refractivity contribution in [1.29, 1.82) is 0 Å². The fourth-order valence-corrected chi connectivity index (χ4v) is 3.31. The Morgan fingerprint density at radius 1 is 0.955 bits per heavy atom. The van der Waals surface area contributed by atoms with E-state index in [1.54, 1.807) is 6.07 Å². The van der Waals surface area contributed by atoms with E-state index in [0.29, 0.717) is 6.42 Å². The molecule has 3 heteroatoms. The molecular formula is C19H16FNO. The minimum absolute atomic E-state index is 0.218. The largest absolute Gasteiger partial charge is 0.358 e. The van der Waals surface area contributed by atoms with Crippen LogP contribution in [0.2, 0.25) is 0 Å². The minimum atomic E-state index is -0.249. The van der Waals surface area contributed by atoms with Crippen LogP contribution in [0.1, 0.15) is 35.3 Å². The number of aromatic amines is 1. The van der Waals surface area contributed by atoms with E-state index in [1.807, 2.05) is 24.3 Å². The third kappa shape index (κ3) is 2.13. The van der Waals surface area contributed by atoms with Crippen molar-refractivity contribution in [2.24, 2.45) is 0 Å². The van der Waals surface area contributed by atoms with Crippen molar-refractivity contribution in [1.82, 2.24) is 4.98 Å². The molecule has 1 aliphatic carbocycles.